The molecule has 0 saturated heterocycles. The van der Waals surface area contributed by atoms with Crippen LogP contribution < -0.4 is 4.74 Å². The van der Waals surface area contributed by atoms with Gasteiger partial charge in [-0.3, -0.25) is 4.57 Å². The molecule has 2 heterocycles. The molecule has 8 nitrogen and oxygen atoms in total. The second-order valence-electron chi connectivity index (χ2n) is 3.56. The van der Waals surface area contributed by atoms with E-state index in [9.17, 15) is 4.57 Å². The highest BCUT2D eigenvalue weighted by atomic mass is 127. The topological polar surface area (TPSA) is 99.4 Å². The maximum atomic E-state index is 10.5. The van der Waals surface area contributed by atoms with E-state index in [4.69, 9.17) is 14.4 Å². The molecule has 0 bridgehead atoms. The maximum absolute atomic E-state index is 10.5. The smallest absolute Gasteiger partial charge is 0.246 e. The van der Waals surface area contributed by atoms with Gasteiger partial charge >= 0.3 is 0 Å². The van der Waals surface area contributed by atoms with Crippen molar-refractivity contribution in [2.45, 2.75) is 6.54 Å². The molecule has 0 aliphatic rings. The average molecular weight is 398 g/mol. The second kappa shape index (κ2) is 6.60. The molecule has 0 aliphatic carbocycles. The SMILES string of the molecule is COc1nc(I)nc2c1ncn2CCOC[PH](=O)O. The molecule has 0 saturated carbocycles. The van der Waals surface area contributed by atoms with Crippen LogP contribution >= 0.6 is 30.6 Å². The minimum Gasteiger partial charge on any atom is -0.479 e. The summed E-state index contributed by atoms with van der Waals surface area (Å²) in [6, 6.07) is 0. The monoisotopic (exact) mass is 398 g/mol. The van der Waals surface area contributed by atoms with Gasteiger partial charge in [-0.25, -0.2) is 9.97 Å². The van der Waals surface area contributed by atoms with E-state index in [2.05, 4.69) is 15.0 Å². The molecule has 1 unspecified atom stereocenters. The zero-order chi connectivity index (χ0) is 13.8. The molecule has 0 fully saturated rings. The normalized spacial score (nSPS) is 12.8. The van der Waals surface area contributed by atoms with Crippen molar-refractivity contribution in [3.05, 3.63) is 10.2 Å². The van der Waals surface area contributed by atoms with Crippen molar-refractivity contribution in [1.82, 2.24) is 19.5 Å². The first-order valence-corrected chi connectivity index (χ1v) is 7.98. The summed E-state index contributed by atoms with van der Waals surface area (Å²) in [5.74, 6) is 0.425. The van der Waals surface area contributed by atoms with Crippen LogP contribution in [0.1, 0.15) is 0 Å². The molecule has 0 radical (unpaired) electrons. The largest absolute Gasteiger partial charge is 0.479 e. The molecule has 0 aliphatic heterocycles. The number of rotatable bonds is 6. The van der Waals surface area contributed by atoms with Crippen molar-refractivity contribution < 1.29 is 18.9 Å². The summed E-state index contributed by atoms with van der Waals surface area (Å²) in [4.78, 5) is 21.3. The maximum Gasteiger partial charge on any atom is 0.246 e. The van der Waals surface area contributed by atoms with Crippen molar-refractivity contribution in [3.63, 3.8) is 0 Å². The molecule has 104 valence electrons. The number of methoxy groups -OCH3 is 1. The van der Waals surface area contributed by atoms with Crippen LogP contribution in [0.4, 0.5) is 0 Å². The number of imidazole rings is 1. The van der Waals surface area contributed by atoms with Crippen molar-refractivity contribution in [2.24, 2.45) is 0 Å². The Kier molecular flexibility index (Phi) is 5.08. The predicted molar refractivity (Wildman–Crippen MR) is 76.6 cm³/mol. The van der Waals surface area contributed by atoms with E-state index in [0.717, 1.165) is 0 Å². The van der Waals surface area contributed by atoms with E-state index in [-0.39, 0.29) is 6.35 Å². The minimum atomic E-state index is -2.58. The lowest BCUT2D eigenvalue weighted by Gasteiger charge is -2.05. The van der Waals surface area contributed by atoms with Crippen LogP contribution in [-0.2, 0) is 15.8 Å². The van der Waals surface area contributed by atoms with Crippen LogP contribution in [0.2, 0.25) is 0 Å². The Morgan fingerprint density at radius 2 is 2.32 bits per heavy atom. The molecule has 10 heteroatoms. The molecule has 0 spiro atoms. The lowest BCUT2D eigenvalue weighted by atomic mass is 10.5. The van der Waals surface area contributed by atoms with E-state index >= 15 is 0 Å². The second-order valence-corrected chi connectivity index (χ2v) is 5.60. The van der Waals surface area contributed by atoms with Gasteiger partial charge in [0.1, 0.15) is 6.35 Å². The summed E-state index contributed by atoms with van der Waals surface area (Å²) >= 11 is 2.00. The van der Waals surface area contributed by atoms with Crippen LogP contribution in [0, 0.1) is 3.83 Å². The fourth-order valence-corrected chi connectivity index (χ4v) is 2.29. The van der Waals surface area contributed by atoms with Crippen molar-refractivity contribution in [1.29, 1.82) is 0 Å². The third kappa shape index (κ3) is 3.62. The Bertz CT molecular complexity index is 605. The van der Waals surface area contributed by atoms with Crippen LogP contribution in [0.5, 0.6) is 5.88 Å². The summed E-state index contributed by atoms with van der Waals surface area (Å²) in [5, 5.41) is 0. The molecule has 2 aromatic rings. The molecule has 0 aromatic carbocycles. The fraction of sp³-hybridized carbons (Fsp3) is 0.444. The van der Waals surface area contributed by atoms with Crippen LogP contribution in [0.15, 0.2) is 6.33 Å². The van der Waals surface area contributed by atoms with E-state index in [1.165, 1.54) is 7.11 Å². The van der Waals surface area contributed by atoms with E-state index < -0.39 is 8.03 Å². The minimum absolute atomic E-state index is 0.132. The van der Waals surface area contributed by atoms with Gasteiger partial charge in [-0.2, -0.15) is 4.98 Å². The Balaban J connectivity index is 2.15. The summed E-state index contributed by atoms with van der Waals surface area (Å²) in [5.41, 5.74) is 1.23. The average Bonchev–Trinajstić information content (AvgIpc) is 2.76. The molecule has 1 atom stereocenters. The zero-order valence-corrected chi connectivity index (χ0v) is 13.2. The van der Waals surface area contributed by atoms with E-state index in [1.54, 1.807) is 10.9 Å². The number of aromatic nitrogens is 4. The van der Waals surface area contributed by atoms with Gasteiger partial charge in [0, 0.05) is 29.1 Å². The zero-order valence-electron chi connectivity index (χ0n) is 10.0. The van der Waals surface area contributed by atoms with E-state index in [1.807, 2.05) is 22.6 Å². The first-order valence-electron chi connectivity index (χ1n) is 5.33. The summed E-state index contributed by atoms with van der Waals surface area (Å²) in [6.07, 6.45) is 1.48. The lowest BCUT2D eigenvalue weighted by Crippen LogP contribution is -2.06. The standard InChI is InChI=1S/C9H12IN4O4P/c1-17-8-6-7(12-9(10)13-8)14(4-11-6)2-3-18-5-19(15)16/h4,19H,2-3,5H2,1H3,(H,15,16). The predicted octanol–water partition coefficient (Wildman–Crippen LogP) is 0.881. The Labute approximate surface area is 123 Å². The quantitative estimate of drug-likeness (QED) is 0.334. The van der Waals surface area contributed by atoms with Gasteiger partial charge in [0.2, 0.25) is 13.9 Å². The van der Waals surface area contributed by atoms with E-state index in [0.29, 0.717) is 34.0 Å². The molecular weight excluding hydrogens is 386 g/mol. The number of hydrogen-bond donors (Lipinski definition) is 1. The Hall–Kier alpha value is -0.770. The van der Waals surface area contributed by atoms with Crippen LogP contribution in [0.3, 0.4) is 0 Å². The van der Waals surface area contributed by atoms with Crippen LogP contribution in [-0.4, -0.2) is 44.5 Å². The fourth-order valence-electron chi connectivity index (χ4n) is 1.52. The number of nitrogens with zero attached hydrogens (tertiary/aromatic N) is 4. The third-order valence-electron chi connectivity index (χ3n) is 2.30. The Morgan fingerprint density at radius 1 is 1.53 bits per heavy atom. The highest BCUT2D eigenvalue weighted by molar-refractivity contribution is 14.1. The van der Waals surface area contributed by atoms with Crippen molar-refractivity contribution in [2.75, 3.05) is 20.1 Å². The molecule has 1 N–H and O–H groups in total. The third-order valence-corrected chi connectivity index (χ3v) is 3.23. The van der Waals surface area contributed by atoms with Crippen LogP contribution in [0.25, 0.3) is 11.2 Å². The van der Waals surface area contributed by atoms with Gasteiger partial charge in [0.15, 0.2) is 15.0 Å². The molecule has 0 amide bonds. The number of ether oxygens (including phenoxy) is 2. The highest BCUT2D eigenvalue weighted by Crippen LogP contribution is 2.21. The first-order chi connectivity index (χ1) is 9.11. The lowest BCUT2D eigenvalue weighted by molar-refractivity contribution is 0.163. The molecule has 2 rings (SSSR count). The molecule has 2 aromatic heterocycles. The summed E-state index contributed by atoms with van der Waals surface area (Å²) in [7, 11) is -1.05. The Morgan fingerprint density at radius 3 is 3.00 bits per heavy atom. The van der Waals surface area contributed by atoms with Crippen molar-refractivity contribution >= 4 is 41.8 Å². The number of fused-ring (bicyclic) bond motifs is 1. The highest BCUT2D eigenvalue weighted by Gasteiger charge is 2.12. The van der Waals surface area contributed by atoms with Gasteiger partial charge < -0.3 is 18.9 Å². The first kappa shape index (κ1) is 14.6. The number of hydrogen-bond acceptors (Lipinski definition) is 6. The molecule has 19 heavy (non-hydrogen) atoms. The van der Waals surface area contributed by atoms with Crippen molar-refractivity contribution in [3.8, 4) is 5.88 Å². The number of halogens is 1. The molecular formula is C9H12IN4O4P. The van der Waals surface area contributed by atoms with Gasteiger partial charge in [-0.1, -0.05) is 0 Å². The summed E-state index contributed by atoms with van der Waals surface area (Å²) < 4.78 is 23.1. The van der Waals surface area contributed by atoms with Gasteiger partial charge in [-0.05, 0) is 0 Å². The van der Waals surface area contributed by atoms with Gasteiger partial charge in [0.25, 0.3) is 0 Å². The summed E-state index contributed by atoms with van der Waals surface area (Å²) in [6.45, 7) is 0.799. The van der Waals surface area contributed by atoms with Gasteiger partial charge in [-0.15, -0.1) is 0 Å². The van der Waals surface area contributed by atoms with Gasteiger partial charge in [0.05, 0.1) is 20.0 Å².